The van der Waals surface area contributed by atoms with Crippen LogP contribution in [0.4, 0.5) is 0 Å². The van der Waals surface area contributed by atoms with Gasteiger partial charge in [-0.1, -0.05) is 42.5 Å². The van der Waals surface area contributed by atoms with Crippen molar-refractivity contribution in [3.8, 4) is 5.75 Å². The fourth-order valence-corrected chi connectivity index (χ4v) is 3.12. The van der Waals surface area contributed by atoms with Gasteiger partial charge < -0.3 is 15.2 Å². The molecule has 1 aliphatic rings. The molecule has 4 nitrogen and oxygen atoms in total. The monoisotopic (exact) mass is 325 g/mol. The Morgan fingerprint density at radius 1 is 1.17 bits per heavy atom. The average molecular weight is 325 g/mol. The summed E-state index contributed by atoms with van der Waals surface area (Å²) in [4.78, 5) is 12.4. The topological polar surface area (TPSA) is 58.6 Å². The molecule has 2 aromatic carbocycles. The van der Waals surface area contributed by atoms with Crippen molar-refractivity contribution in [2.45, 2.75) is 25.3 Å². The first-order valence-electron chi connectivity index (χ1n) is 8.42. The lowest BCUT2D eigenvalue weighted by Gasteiger charge is -2.24. The van der Waals surface area contributed by atoms with Crippen LogP contribution in [0.5, 0.6) is 5.75 Å². The van der Waals surface area contributed by atoms with E-state index >= 15 is 0 Å². The highest BCUT2D eigenvalue weighted by molar-refractivity contribution is 5.76. The normalized spacial score (nSPS) is 18.2. The SMILES string of the molecule is O=C(CCc1ccc(O)cc1)N[C@H](c1ccccc1)[C@H]1CCOC1. The highest BCUT2D eigenvalue weighted by Gasteiger charge is 2.28. The van der Waals surface area contributed by atoms with Crippen LogP contribution >= 0.6 is 0 Å². The first kappa shape index (κ1) is 16.5. The van der Waals surface area contributed by atoms with Gasteiger partial charge in [-0.2, -0.15) is 0 Å². The predicted octanol–water partition coefficient (Wildman–Crippen LogP) is 3.22. The number of amides is 1. The Morgan fingerprint density at radius 2 is 1.92 bits per heavy atom. The standard InChI is InChI=1S/C20H23NO3/c22-18-9-6-15(7-10-18)8-11-19(23)21-20(17-12-13-24-14-17)16-4-2-1-3-5-16/h1-7,9-10,17,20,22H,8,11-14H2,(H,21,23)/t17-,20+/m0/s1. The van der Waals surface area contributed by atoms with Crippen LogP contribution in [-0.2, 0) is 16.0 Å². The van der Waals surface area contributed by atoms with Crippen LogP contribution in [0.1, 0.15) is 30.0 Å². The number of aryl methyl sites for hydroxylation is 1. The quantitative estimate of drug-likeness (QED) is 0.857. The minimum atomic E-state index is 0.000942. The fourth-order valence-electron chi connectivity index (χ4n) is 3.12. The van der Waals surface area contributed by atoms with Crippen molar-refractivity contribution in [2.75, 3.05) is 13.2 Å². The molecule has 1 saturated heterocycles. The molecule has 0 aliphatic carbocycles. The van der Waals surface area contributed by atoms with E-state index in [9.17, 15) is 9.90 Å². The molecule has 24 heavy (non-hydrogen) atoms. The van der Waals surface area contributed by atoms with Crippen LogP contribution in [0, 0.1) is 5.92 Å². The summed E-state index contributed by atoms with van der Waals surface area (Å²) in [6.45, 7) is 1.45. The molecule has 4 heteroatoms. The molecule has 126 valence electrons. The minimum absolute atomic E-state index is 0.000942. The van der Waals surface area contributed by atoms with Crippen molar-refractivity contribution < 1.29 is 14.6 Å². The number of ether oxygens (including phenoxy) is 1. The Kier molecular flexibility index (Phi) is 5.49. The number of hydrogen-bond acceptors (Lipinski definition) is 3. The third-order valence-electron chi connectivity index (χ3n) is 4.49. The van der Waals surface area contributed by atoms with Crippen molar-refractivity contribution in [3.05, 3.63) is 65.7 Å². The third-order valence-corrected chi connectivity index (χ3v) is 4.49. The van der Waals surface area contributed by atoms with Gasteiger partial charge in [-0.3, -0.25) is 4.79 Å². The van der Waals surface area contributed by atoms with Gasteiger partial charge in [-0.25, -0.2) is 0 Å². The van der Waals surface area contributed by atoms with E-state index in [0.717, 1.165) is 24.2 Å². The van der Waals surface area contributed by atoms with Gasteiger partial charge in [0.05, 0.1) is 12.6 Å². The van der Waals surface area contributed by atoms with Crippen LogP contribution in [0.3, 0.4) is 0 Å². The summed E-state index contributed by atoms with van der Waals surface area (Å²) < 4.78 is 5.51. The fraction of sp³-hybridized carbons (Fsp3) is 0.350. The Labute approximate surface area is 142 Å². The van der Waals surface area contributed by atoms with Gasteiger partial charge >= 0.3 is 0 Å². The molecule has 2 aromatic rings. The summed E-state index contributed by atoms with van der Waals surface area (Å²) in [5, 5.41) is 12.5. The van der Waals surface area contributed by atoms with E-state index in [1.54, 1.807) is 12.1 Å². The van der Waals surface area contributed by atoms with Crippen molar-refractivity contribution >= 4 is 5.91 Å². The zero-order chi connectivity index (χ0) is 16.8. The minimum Gasteiger partial charge on any atom is -0.508 e. The maximum Gasteiger partial charge on any atom is 0.220 e. The molecule has 0 saturated carbocycles. The molecule has 2 N–H and O–H groups in total. The van der Waals surface area contributed by atoms with Crippen molar-refractivity contribution in [2.24, 2.45) is 5.92 Å². The molecule has 0 radical (unpaired) electrons. The Bertz CT molecular complexity index is 648. The number of phenolic OH excluding ortho intramolecular Hbond substituents is 1. The van der Waals surface area contributed by atoms with E-state index in [0.29, 0.717) is 25.4 Å². The van der Waals surface area contributed by atoms with Crippen LogP contribution in [0.15, 0.2) is 54.6 Å². The van der Waals surface area contributed by atoms with Gasteiger partial charge in [0.15, 0.2) is 0 Å². The molecule has 3 rings (SSSR count). The molecule has 0 aromatic heterocycles. The molecular weight excluding hydrogens is 302 g/mol. The molecule has 0 bridgehead atoms. The van der Waals surface area contributed by atoms with Crippen molar-refractivity contribution in [3.63, 3.8) is 0 Å². The maximum absolute atomic E-state index is 12.4. The predicted molar refractivity (Wildman–Crippen MR) is 92.7 cm³/mol. The van der Waals surface area contributed by atoms with Crippen LogP contribution in [0.25, 0.3) is 0 Å². The van der Waals surface area contributed by atoms with Crippen molar-refractivity contribution in [1.82, 2.24) is 5.32 Å². The Balaban J connectivity index is 1.61. The lowest BCUT2D eigenvalue weighted by Crippen LogP contribution is -2.34. The number of nitrogens with one attached hydrogen (secondary N) is 1. The second-order valence-electron chi connectivity index (χ2n) is 6.25. The lowest BCUT2D eigenvalue weighted by atomic mass is 9.92. The van der Waals surface area contributed by atoms with Crippen molar-refractivity contribution in [1.29, 1.82) is 0 Å². The Morgan fingerprint density at radius 3 is 2.58 bits per heavy atom. The van der Waals surface area contributed by atoms with Crippen LogP contribution in [0.2, 0.25) is 0 Å². The first-order chi connectivity index (χ1) is 11.7. The van der Waals surface area contributed by atoms with E-state index in [-0.39, 0.29) is 17.7 Å². The van der Waals surface area contributed by atoms with Gasteiger partial charge in [0.25, 0.3) is 0 Å². The number of carbonyl (C=O) groups excluding carboxylic acids is 1. The number of hydrogen-bond donors (Lipinski definition) is 2. The Hall–Kier alpha value is -2.33. The summed E-state index contributed by atoms with van der Waals surface area (Å²) in [5.74, 6) is 0.613. The van der Waals surface area contributed by atoms with Gasteiger partial charge in [-0.15, -0.1) is 0 Å². The van der Waals surface area contributed by atoms with E-state index < -0.39 is 0 Å². The van der Waals surface area contributed by atoms with Gasteiger partial charge in [0, 0.05) is 18.9 Å². The number of carbonyl (C=O) groups is 1. The second-order valence-corrected chi connectivity index (χ2v) is 6.25. The molecule has 0 spiro atoms. The van der Waals surface area contributed by atoms with E-state index in [1.165, 1.54) is 0 Å². The third kappa shape index (κ3) is 4.36. The summed E-state index contributed by atoms with van der Waals surface area (Å²) in [5.41, 5.74) is 2.18. The second kappa shape index (κ2) is 7.97. The molecule has 1 fully saturated rings. The molecule has 0 unspecified atom stereocenters. The van der Waals surface area contributed by atoms with E-state index in [4.69, 9.17) is 4.74 Å². The van der Waals surface area contributed by atoms with Gasteiger partial charge in [-0.05, 0) is 36.1 Å². The first-order valence-corrected chi connectivity index (χ1v) is 8.42. The number of rotatable bonds is 6. The van der Waals surface area contributed by atoms with E-state index in [2.05, 4.69) is 17.4 Å². The zero-order valence-corrected chi connectivity index (χ0v) is 13.7. The van der Waals surface area contributed by atoms with Gasteiger partial charge in [0.1, 0.15) is 5.75 Å². The highest BCUT2D eigenvalue weighted by Crippen LogP contribution is 2.28. The molecule has 1 aliphatic heterocycles. The summed E-state index contributed by atoms with van der Waals surface area (Å²) in [6.07, 6.45) is 2.06. The molecule has 1 amide bonds. The summed E-state index contributed by atoms with van der Waals surface area (Å²) >= 11 is 0. The van der Waals surface area contributed by atoms with Gasteiger partial charge in [0.2, 0.25) is 5.91 Å². The van der Waals surface area contributed by atoms with Crippen LogP contribution < -0.4 is 5.32 Å². The number of aromatic hydroxyl groups is 1. The molecule has 2 atom stereocenters. The maximum atomic E-state index is 12.4. The lowest BCUT2D eigenvalue weighted by molar-refractivity contribution is -0.122. The zero-order valence-electron chi connectivity index (χ0n) is 13.7. The van der Waals surface area contributed by atoms with Crippen LogP contribution in [-0.4, -0.2) is 24.2 Å². The average Bonchev–Trinajstić information content (AvgIpc) is 3.14. The molecule has 1 heterocycles. The van der Waals surface area contributed by atoms with E-state index in [1.807, 2.05) is 30.3 Å². The summed E-state index contributed by atoms with van der Waals surface area (Å²) in [7, 11) is 0. The smallest absolute Gasteiger partial charge is 0.220 e. The summed E-state index contributed by atoms with van der Waals surface area (Å²) in [6, 6.07) is 17.1. The largest absolute Gasteiger partial charge is 0.508 e. The number of phenols is 1. The molecular formula is C20H23NO3. The highest BCUT2D eigenvalue weighted by atomic mass is 16.5. The number of benzene rings is 2.